The molecule has 2 aliphatic rings. The van der Waals surface area contributed by atoms with Crippen molar-refractivity contribution in [2.75, 3.05) is 12.4 Å². The molecule has 2 aromatic rings. The van der Waals surface area contributed by atoms with E-state index in [1.165, 1.54) is 24.2 Å². The Labute approximate surface area is 153 Å². The number of nitrogens with one attached hydrogen (secondary N) is 1. The van der Waals surface area contributed by atoms with E-state index in [9.17, 15) is 9.35 Å². The second-order valence-corrected chi connectivity index (χ2v) is 8.66. The minimum Gasteiger partial charge on any atom is -0.593 e. The Morgan fingerprint density at radius 2 is 2.24 bits per heavy atom. The maximum atomic E-state index is 12.9. The molecule has 2 heterocycles. The van der Waals surface area contributed by atoms with Gasteiger partial charge in [0.2, 0.25) is 0 Å². The van der Waals surface area contributed by atoms with E-state index in [2.05, 4.69) is 17.2 Å². The lowest BCUT2D eigenvalue weighted by atomic mass is 10.1. The fraction of sp³-hybridized carbons (Fsp3) is 0.412. The molecule has 1 fully saturated rings. The van der Waals surface area contributed by atoms with E-state index >= 15 is 0 Å². The summed E-state index contributed by atoms with van der Waals surface area (Å²) < 4.78 is 12.1. The van der Waals surface area contributed by atoms with Gasteiger partial charge < -0.3 is 14.8 Å². The molecule has 2 atom stereocenters. The van der Waals surface area contributed by atoms with E-state index in [0.29, 0.717) is 22.9 Å². The van der Waals surface area contributed by atoms with Crippen molar-refractivity contribution >= 4 is 33.7 Å². The predicted octanol–water partition coefficient (Wildman–Crippen LogP) is 2.59. The summed E-state index contributed by atoms with van der Waals surface area (Å²) in [7, 11) is 1.82. The predicted molar refractivity (Wildman–Crippen MR) is 99.8 cm³/mol. The lowest BCUT2D eigenvalue weighted by molar-refractivity contribution is 0.0695. The number of hydrogen-bond donors (Lipinski definition) is 2. The molecule has 0 bridgehead atoms. The van der Waals surface area contributed by atoms with Gasteiger partial charge in [0.15, 0.2) is 10.0 Å². The molecule has 0 saturated heterocycles. The maximum Gasteiger partial charge on any atom is 0.259 e. The first-order valence-electron chi connectivity index (χ1n) is 8.27. The van der Waals surface area contributed by atoms with E-state index in [1.54, 1.807) is 12.3 Å². The molecule has 0 spiro atoms. The minimum atomic E-state index is -1.71. The van der Waals surface area contributed by atoms with Crippen LogP contribution < -0.4 is 10.5 Å². The largest absolute Gasteiger partial charge is 0.593 e. The molecular weight excluding hydrogens is 356 g/mol. The number of thiazole rings is 1. The molecule has 1 aromatic carbocycles. The lowest BCUT2D eigenvalue weighted by Gasteiger charge is -2.23. The number of amides is 1. The van der Waals surface area contributed by atoms with Crippen LogP contribution in [0.3, 0.4) is 0 Å². The first kappa shape index (κ1) is 16.8. The van der Waals surface area contributed by atoms with Crippen LogP contribution >= 0.6 is 11.3 Å². The van der Waals surface area contributed by atoms with Gasteiger partial charge in [0.25, 0.3) is 5.91 Å². The number of carbonyl (C=O) groups excluding carboxylic acids is 1. The highest BCUT2D eigenvalue weighted by Gasteiger charge is 2.41. The summed E-state index contributed by atoms with van der Waals surface area (Å²) in [5.74, 6) is 0.541. The molecule has 4 rings (SSSR count). The number of aromatic nitrogens is 1. The quantitative estimate of drug-likeness (QED) is 0.782. The van der Waals surface area contributed by atoms with E-state index in [1.807, 2.05) is 18.0 Å². The van der Waals surface area contributed by atoms with Gasteiger partial charge in [-0.15, -0.1) is 5.14 Å². The third kappa shape index (κ3) is 2.93. The van der Waals surface area contributed by atoms with Crippen LogP contribution in [0.4, 0.5) is 5.13 Å². The van der Waals surface area contributed by atoms with E-state index < -0.39 is 11.4 Å². The second-order valence-electron chi connectivity index (χ2n) is 6.60. The van der Waals surface area contributed by atoms with Crippen LogP contribution in [-0.2, 0) is 17.9 Å². The van der Waals surface area contributed by atoms with Gasteiger partial charge >= 0.3 is 0 Å². The molecule has 3 N–H and O–H groups in total. The Morgan fingerprint density at radius 3 is 2.84 bits per heavy atom. The SMILES string of the molecule is CNc1ncc(-c2cc3c(c([S+](N)[O-])c2)C(=O)N(C(C)C2CC2)C3)s1. The molecule has 2 unspecified atom stereocenters. The number of benzene rings is 1. The van der Waals surface area contributed by atoms with Crippen molar-refractivity contribution in [2.45, 2.75) is 37.2 Å². The van der Waals surface area contributed by atoms with Gasteiger partial charge in [-0.2, -0.15) is 0 Å². The van der Waals surface area contributed by atoms with Crippen molar-refractivity contribution in [3.63, 3.8) is 0 Å². The van der Waals surface area contributed by atoms with E-state index in [-0.39, 0.29) is 11.9 Å². The highest BCUT2D eigenvalue weighted by molar-refractivity contribution is 7.89. The minimum absolute atomic E-state index is 0.0463. The highest BCUT2D eigenvalue weighted by atomic mass is 32.2. The van der Waals surface area contributed by atoms with Crippen molar-refractivity contribution in [3.05, 3.63) is 29.5 Å². The summed E-state index contributed by atoms with van der Waals surface area (Å²) in [6.07, 6.45) is 4.13. The fourth-order valence-electron chi connectivity index (χ4n) is 3.43. The Hall–Kier alpha value is -1.61. The zero-order chi connectivity index (χ0) is 17.7. The van der Waals surface area contributed by atoms with Crippen molar-refractivity contribution in [1.29, 1.82) is 0 Å². The third-order valence-electron chi connectivity index (χ3n) is 5.02. The molecule has 25 heavy (non-hydrogen) atoms. The van der Waals surface area contributed by atoms with Crippen molar-refractivity contribution < 1.29 is 9.35 Å². The van der Waals surface area contributed by atoms with Gasteiger partial charge in [-0.1, -0.05) is 11.3 Å². The second kappa shape index (κ2) is 6.28. The van der Waals surface area contributed by atoms with E-state index in [0.717, 1.165) is 21.1 Å². The summed E-state index contributed by atoms with van der Waals surface area (Å²) in [6.45, 7) is 2.66. The number of rotatable bonds is 5. The standard InChI is InChI=1S/C17H20N4O2S2/c1-9(10-3-4-10)21-8-12-5-11(13-7-20-17(19-2)24-13)6-14(25(18)23)15(12)16(21)22/h5-7,9-10H,3-4,8,18H2,1-2H3,(H,19,20). The van der Waals surface area contributed by atoms with Crippen LogP contribution in [-0.4, -0.2) is 33.4 Å². The first-order valence-corrected chi connectivity index (χ1v) is 10.3. The monoisotopic (exact) mass is 376 g/mol. The highest BCUT2D eigenvalue weighted by Crippen LogP contribution is 2.41. The number of nitrogens with two attached hydrogens (primary N) is 1. The molecule has 6 nitrogen and oxygen atoms in total. The Balaban J connectivity index is 1.76. The van der Waals surface area contributed by atoms with Crippen LogP contribution in [0, 0.1) is 5.92 Å². The first-order chi connectivity index (χ1) is 12.0. The Morgan fingerprint density at radius 1 is 1.48 bits per heavy atom. The fourth-order valence-corrected chi connectivity index (χ4v) is 4.85. The van der Waals surface area contributed by atoms with Gasteiger partial charge in [0.05, 0.1) is 16.2 Å². The van der Waals surface area contributed by atoms with Crippen molar-refractivity contribution in [3.8, 4) is 10.4 Å². The van der Waals surface area contributed by atoms with Gasteiger partial charge in [-0.05, 0) is 42.9 Å². The molecule has 0 radical (unpaired) electrons. The topological polar surface area (TPSA) is 94.3 Å². The van der Waals surface area contributed by atoms with Crippen LogP contribution in [0.2, 0.25) is 0 Å². The van der Waals surface area contributed by atoms with Crippen molar-refractivity contribution in [2.24, 2.45) is 11.1 Å². The van der Waals surface area contributed by atoms with Gasteiger partial charge in [-0.25, -0.2) is 4.98 Å². The zero-order valence-electron chi connectivity index (χ0n) is 14.1. The number of carbonyl (C=O) groups is 1. The maximum absolute atomic E-state index is 12.9. The molecule has 8 heteroatoms. The summed E-state index contributed by atoms with van der Waals surface area (Å²) in [5, 5.41) is 9.52. The molecular formula is C17H20N4O2S2. The Bertz CT molecular complexity index is 832. The third-order valence-corrected chi connectivity index (χ3v) is 6.84. The molecule has 1 saturated carbocycles. The number of anilines is 1. The summed E-state index contributed by atoms with van der Waals surface area (Å²) in [6, 6.07) is 3.99. The van der Waals surface area contributed by atoms with Crippen molar-refractivity contribution in [1.82, 2.24) is 9.88 Å². The van der Waals surface area contributed by atoms with Gasteiger partial charge in [-0.3, -0.25) is 4.79 Å². The summed E-state index contributed by atoms with van der Waals surface area (Å²) in [5.41, 5.74) is 2.33. The average Bonchev–Trinajstić information content (AvgIpc) is 3.25. The average molecular weight is 377 g/mol. The number of fused-ring (bicyclic) bond motifs is 1. The van der Waals surface area contributed by atoms with Gasteiger partial charge in [0.1, 0.15) is 5.56 Å². The molecule has 1 aliphatic carbocycles. The van der Waals surface area contributed by atoms with Crippen LogP contribution in [0.5, 0.6) is 0 Å². The zero-order valence-corrected chi connectivity index (χ0v) is 15.7. The number of hydrogen-bond acceptors (Lipinski definition) is 6. The summed E-state index contributed by atoms with van der Waals surface area (Å²) >= 11 is -0.198. The molecule has 1 aromatic heterocycles. The van der Waals surface area contributed by atoms with Crippen LogP contribution in [0.25, 0.3) is 10.4 Å². The molecule has 132 valence electrons. The molecule has 1 amide bonds. The van der Waals surface area contributed by atoms with Crippen LogP contribution in [0.15, 0.2) is 23.2 Å². The smallest absolute Gasteiger partial charge is 0.259 e. The Kier molecular flexibility index (Phi) is 4.23. The van der Waals surface area contributed by atoms with Crippen LogP contribution in [0.1, 0.15) is 35.7 Å². The van der Waals surface area contributed by atoms with E-state index in [4.69, 9.17) is 5.14 Å². The summed E-state index contributed by atoms with van der Waals surface area (Å²) in [4.78, 5) is 20.5. The number of nitrogens with zero attached hydrogens (tertiary/aromatic N) is 2. The molecule has 1 aliphatic heterocycles. The normalized spacial score (nSPS) is 19.0. The van der Waals surface area contributed by atoms with Gasteiger partial charge in [0, 0.05) is 31.9 Å². The lowest BCUT2D eigenvalue weighted by Crippen LogP contribution is -2.35.